The van der Waals surface area contributed by atoms with Crippen LogP contribution in [0.2, 0.25) is 0 Å². The second-order valence-electron chi connectivity index (χ2n) is 18.4. The normalized spacial score (nSPS) is 11.1. The SMILES string of the molecule is [C-]#[N+]c1ccc(-c2ccc3c4ccc(-c5ccc(C#N)cc5[N+]#[C-])cc4n(-c4ccc(-c5cccc6c7ccccc7n(-c7ccccc7)c56)cc4-c4nc(-c5ccccc5)nc(-c5ccccc5)n4)c3c2)c(C#N)c1. The highest BCUT2D eigenvalue weighted by Gasteiger charge is 2.24. The molecule has 13 aromatic rings. The number of rotatable bonds is 8. The smallest absolute Gasteiger partial charge is 0.196 e. The van der Waals surface area contributed by atoms with Crippen LogP contribution in [-0.4, -0.2) is 24.1 Å². The van der Waals surface area contributed by atoms with Crippen LogP contribution in [-0.2, 0) is 0 Å². The molecule has 0 saturated heterocycles. The van der Waals surface area contributed by atoms with Crippen LogP contribution < -0.4 is 0 Å². The van der Waals surface area contributed by atoms with Crippen LogP contribution in [0.4, 0.5) is 11.4 Å². The monoisotopic (exact) mass is 967 g/mol. The molecule has 3 aromatic heterocycles. The van der Waals surface area contributed by atoms with Crippen molar-refractivity contribution in [3.63, 3.8) is 0 Å². The summed E-state index contributed by atoms with van der Waals surface area (Å²) in [6, 6.07) is 79.2. The lowest BCUT2D eigenvalue weighted by atomic mass is 9.97. The molecule has 0 aliphatic rings. The second kappa shape index (κ2) is 18.4. The van der Waals surface area contributed by atoms with E-state index in [0.29, 0.717) is 51.1 Å². The van der Waals surface area contributed by atoms with Gasteiger partial charge in [0.05, 0.1) is 53.0 Å². The molecule has 350 valence electrons. The van der Waals surface area contributed by atoms with Gasteiger partial charge in [0.2, 0.25) is 0 Å². The summed E-state index contributed by atoms with van der Waals surface area (Å²) in [4.78, 5) is 23.3. The van der Waals surface area contributed by atoms with Gasteiger partial charge in [0, 0.05) is 60.6 Å². The maximum atomic E-state index is 10.4. The van der Waals surface area contributed by atoms with Gasteiger partial charge in [-0.3, -0.25) is 0 Å². The predicted molar refractivity (Wildman–Crippen MR) is 303 cm³/mol. The summed E-state index contributed by atoms with van der Waals surface area (Å²) >= 11 is 0. The van der Waals surface area contributed by atoms with Crippen molar-refractivity contribution in [2.75, 3.05) is 0 Å². The van der Waals surface area contributed by atoms with Gasteiger partial charge in [0.25, 0.3) is 0 Å². The third kappa shape index (κ3) is 7.49. The first-order valence-electron chi connectivity index (χ1n) is 24.5. The van der Waals surface area contributed by atoms with Crippen LogP contribution in [0.15, 0.2) is 224 Å². The van der Waals surface area contributed by atoms with Crippen molar-refractivity contribution in [3.8, 4) is 91.1 Å². The van der Waals surface area contributed by atoms with Crippen molar-refractivity contribution >= 4 is 55.0 Å². The van der Waals surface area contributed by atoms with Gasteiger partial charge in [-0.1, -0.05) is 164 Å². The summed E-state index contributed by atoms with van der Waals surface area (Å²) in [6.45, 7) is 15.8. The predicted octanol–water partition coefficient (Wildman–Crippen LogP) is 16.9. The Morgan fingerprint density at radius 1 is 0.382 bits per heavy atom. The van der Waals surface area contributed by atoms with Crippen LogP contribution >= 0.6 is 0 Å². The Bertz CT molecular complexity index is 4490. The number of aromatic nitrogens is 5. The van der Waals surface area contributed by atoms with Crippen molar-refractivity contribution < 1.29 is 0 Å². The fourth-order valence-electron chi connectivity index (χ4n) is 10.6. The number of hydrogen-bond donors (Lipinski definition) is 0. The Hall–Kier alpha value is -11.2. The van der Waals surface area contributed by atoms with E-state index in [-0.39, 0.29) is 0 Å². The number of benzene rings is 10. The topological polar surface area (TPSA) is 105 Å². The molecule has 0 N–H and O–H groups in total. The zero-order valence-corrected chi connectivity index (χ0v) is 40.4. The lowest BCUT2D eigenvalue weighted by Gasteiger charge is -2.18. The fraction of sp³-hybridized carbons (Fsp3) is 0. The molecule has 0 amide bonds. The first-order valence-corrected chi connectivity index (χ1v) is 24.5. The first-order chi connectivity index (χ1) is 37.5. The number of para-hydroxylation sites is 3. The van der Waals surface area contributed by atoms with Crippen molar-refractivity contribution in [1.82, 2.24) is 24.1 Å². The van der Waals surface area contributed by atoms with Gasteiger partial charge in [-0.05, 0) is 88.5 Å². The number of hydrogen-bond acceptors (Lipinski definition) is 5. The summed E-state index contributed by atoms with van der Waals surface area (Å²) in [5.74, 6) is 1.48. The molecule has 10 aromatic carbocycles. The minimum absolute atomic E-state index is 0.370. The van der Waals surface area contributed by atoms with Crippen molar-refractivity contribution in [2.45, 2.75) is 0 Å². The van der Waals surface area contributed by atoms with E-state index >= 15 is 0 Å². The highest BCUT2D eigenvalue weighted by atomic mass is 15.1. The van der Waals surface area contributed by atoms with Crippen LogP contribution in [0.25, 0.3) is 132 Å². The Morgan fingerprint density at radius 3 is 1.62 bits per heavy atom. The zero-order chi connectivity index (χ0) is 51.3. The number of nitrogens with zero attached hydrogens (tertiary/aromatic N) is 9. The van der Waals surface area contributed by atoms with E-state index in [1.54, 1.807) is 24.3 Å². The first kappa shape index (κ1) is 44.7. The Kier molecular flexibility index (Phi) is 10.8. The van der Waals surface area contributed by atoms with Gasteiger partial charge >= 0.3 is 0 Å². The third-order valence-electron chi connectivity index (χ3n) is 14.1. The van der Waals surface area contributed by atoms with Gasteiger partial charge in [-0.15, -0.1) is 0 Å². The molecule has 9 heteroatoms. The van der Waals surface area contributed by atoms with E-state index in [9.17, 15) is 10.5 Å². The second-order valence-corrected chi connectivity index (χ2v) is 18.4. The van der Waals surface area contributed by atoms with Gasteiger partial charge in [-0.25, -0.2) is 24.6 Å². The molecule has 0 aliphatic carbocycles. The van der Waals surface area contributed by atoms with Crippen molar-refractivity contribution in [1.29, 1.82) is 10.5 Å². The Balaban J connectivity index is 1.16. The summed E-state index contributed by atoms with van der Waals surface area (Å²) in [5, 5.41) is 24.4. The molecule has 76 heavy (non-hydrogen) atoms. The van der Waals surface area contributed by atoms with Crippen LogP contribution in [0.1, 0.15) is 11.1 Å². The lowest BCUT2D eigenvalue weighted by Crippen LogP contribution is -2.04. The van der Waals surface area contributed by atoms with Gasteiger partial charge in [-0.2, -0.15) is 10.5 Å². The van der Waals surface area contributed by atoms with Crippen LogP contribution in [0, 0.1) is 35.8 Å². The molecule has 0 unspecified atom stereocenters. The molecule has 0 aliphatic heterocycles. The third-order valence-corrected chi connectivity index (χ3v) is 14.1. The van der Waals surface area contributed by atoms with Gasteiger partial charge in [0.1, 0.15) is 0 Å². The minimum Gasteiger partial charge on any atom is -0.309 e. The Labute approximate surface area is 437 Å². The molecule has 0 atom stereocenters. The van der Waals surface area contributed by atoms with Gasteiger partial charge in [0.15, 0.2) is 28.8 Å². The van der Waals surface area contributed by atoms with E-state index < -0.39 is 0 Å². The van der Waals surface area contributed by atoms with E-state index in [2.05, 4.69) is 140 Å². The zero-order valence-electron chi connectivity index (χ0n) is 40.4. The highest BCUT2D eigenvalue weighted by Crippen LogP contribution is 2.44. The molecule has 0 fully saturated rings. The number of nitriles is 2. The van der Waals surface area contributed by atoms with E-state index in [1.165, 1.54) is 0 Å². The molecule has 0 spiro atoms. The largest absolute Gasteiger partial charge is 0.309 e. The molecular weight excluding hydrogens is 931 g/mol. The van der Waals surface area contributed by atoms with Crippen molar-refractivity contribution in [3.05, 3.63) is 258 Å². The van der Waals surface area contributed by atoms with Crippen LogP contribution in [0.5, 0.6) is 0 Å². The molecule has 3 heterocycles. The summed E-state index contributed by atoms with van der Waals surface area (Å²) in [7, 11) is 0. The maximum Gasteiger partial charge on any atom is 0.196 e. The lowest BCUT2D eigenvalue weighted by molar-refractivity contribution is 1.06. The fourth-order valence-corrected chi connectivity index (χ4v) is 10.6. The Morgan fingerprint density at radius 2 is 0.961 bits per heavy atom. The molecular formula is C67H37N9. The molecule has 13 rings (SSSR count). The van der Waals surface area contributed by atoms with Crippen molar-refractivity contribution in [2.24, 2.45) is 0 Å². The van der Waals surface area contributed by atoms with E-state index in [0.717, 1.165) is 93.9 Å². The van der Waals surface area contributed by atoms with Crippen LogP contribution in [0.3, 0.4) is 0 Å². The molecule has 0 bridgehead atoms. The minimum atomic E-state index is 0.370. The van der Waals surface area contributed by atoms with Gasteiger partial charge < -0.3 is 9.13 Å². The standard InChI is InChI=1S/C67H37N9/c1-70-49-29-33-51(48(36-49)41-69)46-26-31-55-56-32-27-47(52-30-25-42(40-68)35-59(52)71-2)39-63(56)76(62(55)38-46)61-34-28-45(53-22-14-23-57-54-21-12-13-24-60(54)75(64(53)57)50-19-10-5-11-20-50)37-58(61)67-73-65(43-15-6-3-7-16-43)72-66(74-67)44-17-8-4-9-18-44/h3-39H. The quantitative estimate of drug-likeness (QED) is 0.141. The van der Waals surface area contributed by atoms with E-state index in [4.69, 9.17) is 28.1 Å². The summed E-state index contributed by atoms with van der Waals surface area (Å²) in [6.07, 6.45) is 0. The summed E-state index contributed by atoms with van der Waals surface area (Å²) in [5.41, 5.74) is 14.5. The average Bonchev–Trinajstić information content (AvgIpc) is 4.01. The highest BCUT2D eigenvalue weighted by molar-refractivity contribution is 6.15. The molecule has 0 radical (unpaired) electrons. The van der Waals surface area contributed by atoms with E-state index in [1.807, 2.05) is 91.0 Å². The summed E-state index contributed by atoms with van der Waals surface area (Å²) < 4.78 is 4.57. The number of fused-ring (bicyclic) bond motifs is 6. The average molecular weight is 968 g/mol. The maximum absolute atomic E-state index is 10.4. The molecule has 0 saturated carbocycles. The molecule has 9 nitrogen and oxygen atoms in total.